The van der Waals surface area contributed by atoms with E-state index in [-0.39, 0.29) is 6.07 Å². The average Bonchev–Trinajstić information content (AvgIpc) is 2.84. The molecule has 24 heavy (non-hydrogen) atoms. The molecular formula is C12H5F9N2S. The lowest BCUT2D eigenvalue weighted by Crippen LogP contribution is -2.11. The molecule has 2 rings (SSSR count). The lowest BCUT2D eigenvalue weighted by molar-refractivity contribution is -0.143. The summed E-state index contributed by atoms with van der Waals surface area (Å²) >= 11 is 0.393. The Morgan fingerprint density at radius 1 is 0.750 bits per heavy atom. The first kappa shape index (κ1) is 18.4. The van der Waals surface area contributed by atoms with Gasteiger partial charge in [0.15, 0.2) is 10.8 Å². The van der Waals surface area contributed by atoms with Crippen molar-refractivity contribution in [3.05, 3.63) is 40.4 Å². The second kappa shape index (κ2) is 5.83. The summed E-state index contributed by atoms with van der Waals surface area (Å²) in [6, 6.07) is 0.613. The van der Waals surface area contributed by atoms with Crippen molar-refractivity contribution in [3.8, 4) is 0 Å². The van der Waals surface area contributed by atoms with E-state index in [2.05, 4.69) is 4.98 Å². The Kier molecular flexibility index (Phi) is 4.46. The standard InChI is InChI=1S/C12H5F9N2S/c13-10(14,15)5-1-6(11(16,17)18)3-7(2-5)22-9-23-8(4-24-9)12(19,20)21/h1-4H,(H,22,23). The Hall–Kier alpha value is -1.98. The molecule has 0 spiro atoms. The molecule has 2 aromatic rings. The molecule has 0 atom stereocenters. The number of alkyl halides is 9. The molecule has 0 aliphatic rings. The van der Waals surface area contributed by atoms with Crippen LogP contribution in [0.3, 0.4) is 0 Å². The highest BCUT2D eigenvalue weighted by Crippen LogP contribution is 2.39. The normalized spacial score (nSPS) is 13.2. The van der Waals surface area contributed by atoms with Crippen molar-refractivity contribution >= 4 is 22.2 Å². The molecule has 132 valence electrons. The summed E-state index contributed by atoms with van der Waals surface area (Å²) in [4.78, 5) is 3.08. The molecular weight excluding hydrogens is 375 g/mol. The second-order valence-corrected chi connectivity index (χ2v) is 5.31. The monoisotopic (exact) mass is 380 g/mol. The molecule has 0 saturated carbocycles. The Morgan fingerprint density at radius 2 is 1.25 bits per heavy atom. The molecule has 0 fully saturated rings. The minimum atomic E-state index is -5.06. The molecule has 0 saturated heterocycles. The molecule has 2 nitrogen and oxygen atoms in total. The second-order valence-electron chi connectivity index (χ2n) is 4.46. The zero-order valence-corrected chi connectivity index (χ0v) is 11.9. The van der Waals surface area contributed by atoms with Crippen molar-refractivity contribution in [1.29, 1.82) is 0 Å². The van der Waals surface area contributed by atoms with E-state index < -0.39 is 46.2 Å². The van der Waals surface area contributed by atoms with Crippen molar-refractivity contribution in [3.63, 3.8) is 0 Å². The van der Waals surface area contributed by atoms with Crippen molar-refractivity contribution in [2.24, 2.45) is 0 Å². The number of hydrogen-bond acceptors (Lipinski definition) is 3. The number of benzene rings is 1. The van der Waals surface area contributed by atoms with E-state index in [4.69, 9.17) is 0 Å². The van der Waals surface area contributed by atoms with E-state index in [1.54, 1.807) is 0 Å². The van der Waals surface area contributed by atoms with Gasteiger partial charge in [0.1, 0.15) is 0 Å². The highest BCUT2D eigenvalue weighted by molar-refractivity contribution is 7.13. The number of nitrogens with one attached hydrogen (secondary N) is 1. The van der Waals surface area contributed by atoms with Crippen LogP contribution in [-0.4, -0.2) is 4.98 Å². The molecule has 1 N–H and O–H groups in total. The van der Waals surface area contributed by atoms with Gasteiger partial charge in [-0.15, -0.1) is 11.3 Å². The highest BCUT2D eigenvalue weighted by atomic mass is 32.1. The molecule has 12 heteroatoms. The lowest BCUT2D eigenvalue weighted by atomic mass is 10.1. The molecule has 0 aliphatic heterocycles. The van der Waals surface area contributed by atoms with Gasteiger partial charge in [-0.3, -0.25) is 0 Å². The molecule has 1 heterocycles. The summed E-state index contributed by atoms with van der Waals surface area (Å²) in [7, 11) is 0. The van der Waals surface area contributed by atoms with Gasteiger partial charge >= 0.3 is 18.5 Å². The number of nitrogens with zero attached hydrogens (tertiary/aromatic N) is 1. The van der Waals surface area contributed by atoms with Crippen LogP contribution < -0.4 is 5.32 Å². The van der Waals surface area contributed by atoms with E-state index in [9.17, 15) is 39.5 Å². The first-order chi connectivity index (χ1) is 10.8. The molecule has 1 aromatic carbocycles. The van der Waals surface area contributed by atoms with E-state index in [0.29, 0.717) is 28.8 Å². The van der Waals surface area contributed by atoms with E-state index in [0.717, 1.165) is 0 Å². The summed E-state index contributed by atoms with van der Waals surface area (Å²) in [5.74, 6) is 0. The van der Waals surface area contributed by atoms with Crippen LogP contribution in [0, 0.1) is 0 Å². The molecule has 0 bridgehead atoms. The molecule has 0 unspecified atom stereocenters. The third kappa shape index (κ3) is 4.30. The SMILES string of the molecule is FC(F)(F)c1cc(Nc2nc(C(F)(F)F)cs2)cc(C(F)(F)F)c1. The number of hydrogen-bond donors (Lipinski definition) is 1. The van der Waals surface area contributed by atoms with Crippen LogP contribution in [0.5, 0.6) is 0 Å². The average molecular weight is 380 g/mol. The summed E-state index contributed by atoms with van der Waals surface area (Å²) in [6.07, 6.45) is -14.9. The first-order valence-corrected chi connectivity index (χ1v) is 6.74. The summed E-state index contributed by atoms with van der Waals surface area (Å²) < 4.78 is 113. The third-order valence-corrected chi connectivity index (χ3v) is 3.39. The van der Waals surface area contributed by atoms with Gasteiger partial charge in [0, 0.05) is 11.1 Å². The zero-order chi connectivity index (χ0) is 18.3. The smallest absolute Gasteiger partial charge is 0.332 e. The van der Waals surface area contributed by atoms with Gasteiger partial charge in [-0.05, 0) is 18.2 Å². The van der Waals surface area contributed by atoms with Crippen LogP contribution in [-0.2, 0) is 18.5 Å². The van der Waals surface area contributed by atoms with Gasteiger partial charge in [-0.25, -0.2) is 4.98 Å². The maximum Gasteiger partial charge on any atom is 0.434 e. The predicted molar refractivity (Wildman–Crippen MR) is 66.8 cm³/mol. The number of aromatic nitrogens is 1. The third-order valence-electron chi connectivity index (χ3n) is 2.63. The van der Waals surface area contributed by atoms with Gasteiger partial charge in [-0.1, -0.05) is 0 Å². The van der Waals surface area contributed by atoms with Gasteiger partial charge in [0.2, 0.25) is 0 Å². The Morgan fingerprint density at radius 3 is 1.62 bits per heavy atom. The molecule has 1 aromatic heterocycles. The minimum absolute atomic E-state index is 0.0891. The fourth-order valence-electron chi connectivity index (χ4n) is 1.61. The number of anilines is 2. The predicted octanol–water partition coefficient (Wildman–Crippen LogP) is 5.94. The van der Waals surface area contributed by atoms with E-state index in [1.165, 1.54) is 0 Å². The van der Waals surface area contributed by atoms with Crippen LogP contribution in [0.25, 0.3) is 0 Å². The largest absolute Gasteiger partial charge is 0.434 e. The van der Waals surface area contributed by atoms with Crippen molar-refractivity contribution in [1.82, 2.24) is 4.98 Å². The van der Waals surface area contributed by atoms with Crippen molar-refractivity contribution in [2.75, 3.05) is 5.32 Å². The van der Waals surface area contributed by atoms with Crippen LogP contribution in [0.4, 0.5) is 50.3 Å². The maximum atomic E-state index is 12.7. The topological polar surface area (TPSA) is 24.9 Å². The maximum absolute atomic E-state index is 12.7. The molecule has 0 aliphatic carbocycles. The highest BCUT2D eigenvalue weighted by Gasteiger charge is 2.37. The van der Waals surface area contributed by atoms with Gasteiger partial charge < -0.3 is 5.32 Å². The van der Waals surface area contributed by atoms with Crippen LogP contribution >= 0.6 is 11.3 Å². The minimum Gasteiger partial charge on any atom is -0.332 e. The van der Waals surface area contributed by atoms with Gasteiger partial charge in [-0.2, -0.15) is 39.5 Å². The Labute approximate surface area is 131 Å². The summed E-state index contributed by atoms with van der Waals surface area (Å²) in [5, 5.41) is 2.12. The Balaban J connectivity index is 2.41. The quantitative estimate of drug-likeness (QED) is 0.652. The van der Waals surface area contributed by atoms with Crippen LogP contribution in [0.2, 0.25) is 0 Å². The van der Waals surface area contributed by atoms with Gasteiger partial charge in [0.05, 0.1) is 11.1 Å². The first-order valence-electron chi connectivity index (χ1n) is 5.86. The fraction of sp³-hybridized carbons (Fsp3) is 0.250. The van der Waals surface area contributed by atoms with Crippen LogP contribution in [0.15, 0.2) is 23.6 Å². The molecule has 0 amide bonds. The summed E-state index contributed by atoms with van der Waals surface area (Å²) in [6.45, 7) is 0. The zero-order valence-electron chi connectivity index (χ0n) is 11.1. The number of halogens is 9. The van der Waals surface area contributed by atoms with E-state index >= 15 is 0 Å². The molecule has 0 radical (unpaired) electrons. The van der Waals surface area contributed by atoms with Crippen molar-refractivity contribution < 1.29 is 39.5 Å². The van der Waals surface area contributed by atoms with Gasteiger partial charge in [0.25, 0.3) is 0 Å². The number of rotatable bonds is 2. The van der Waals surface area contributed by atoms with Crippen LogP contribution in [0.1, 0.15) is 16.8 Å². The Bertz CT molecular complexity index is 695. The van der Waals surface area contributed by atoms with E-state index in [1.807, 2.05) is 5.32 Å². The lowest BCUT2D eigenvalue weighted by Gasteiger charge is -2.14. The summed E-state index contributed by atoms with van der Waals surface area (Å²) in [5.41, 5.74) is -5.17. The number of thiazole rings is 1. The van der Waals surface area contributed by atoms with Crippen molar-refractivity contribution in [2.45, 2.75) is 18.5 Å². The fourth-order valence-corrected chi connectivity index (χ4v) is 2.35.